The van der Waals surface area contributed by atoms with Crippen LogP contribution in [-0.2, 0) is 27.9 Å². The van der Waals surface area contributed by atoms with Crippen LogP contribution in [0.2, 0.25) is 0 Å². The highest BCUT2D eigenvalue weighted by atomic mass is 16.4. The highest BCUT2D eigenvalue weighted by Crippen LogP contribution is 2.45. The first-order chi connectivity index (χ1) is 17.4. The Morgan fingerprint density at radius 1 is 1.05 bits per heavy atom. The molecule has 0 radical (unpaired) electrons. The highest BCUT2D eigenvalue weighted by Gasteiger charge is 2.49. The summed E-state index contributed by atoms with van der Waals surface area (Å²) in [6.07, 6.45) is 4.86. The molecule has 0 bridgehead atoms. The zero-order chi connectivity index (χ0) is 27.7. The van der Waals surface area contributed by atoms with Crippen molar-refractivity contribution >= 4 is 17.8 Å². The van der Waals surface area contributed by atoms with Gasteiger partial charge in [0.1, 0.15) is 5.82 Å². The van der Waals surface area contributed by atoms with Crippen molar-refractivity contribution in [1.82, 2.24) is 24.3 Å². The summed E-state index contributed by atoms with van der Waals surface area (Å²) in [5.74, 6) is 0.771. The Kier molecular flexibility index (Phi) is 11.3. The highest BCUT2D eigenvalue weighted by molar-refractivity contribution is 5.79. The maximum absolute atomic E-state index is 13.0. The summed E-state index contributed by atoms with van der Waals surface area (Å²) in [5, 5.41) is 14.8. The minimum Gasteiger partial charge on any atom is -0.481 e. The number of rotatable bonds is 6. The molecule has 2 saturated heterocycles. The van der Waals surface area contributed by atoms with Crippen LogP contribution < -0.4 is 0 Å². The number of fused-ring (bicyclic) bond motifs is 1. The predicted octanol–water partition coefficient (Wildman–Crippen LogP) is 2.15. The van der Waals surface area contributed by atoms with Crippen molar-refractivity contribution in [2.24, 2.45) is 18.9 Å². The molecule has 10 heteroatoms. The van der Waals surface area contributed by atoms with Gasteiger partial charge >= 0.3 is 0 Å². The van der Waals surface area contributed by atoms with Crippen LogP contribution >= 0.6 is 0 Å². The lowest BCUT2D eigenvalue weighted by Crippen LogP contribution is -2.40. The summed E-state index contributed by atoms with van der Waals surface area (Å²) in [4.78, 5) is 42.2. The molecule has 204 valence electrons. The van der Waals surface area contributed by atoms with Crippen molar-refractivity contribution in [3.8, 4) is 0 Å². The number of amides is 1. The Balaban J connectivity index is 0.000000530. The van der Waals surface area contributed by atoms with Crippen molar-refractivity contribution < 1.29 is 24.6 Å². The van der Waals surface area contributed by atoms with Crippen molar-refractivity contribution in [3.63, 3.8) is 0 Å². The van der Waals surface area contributed by atoms with Crippen LogP contribution in [0.3, 0.4) is 0 Å². The molecule has 2 fully saturated rings. The Morgan fingerprint density at radius 3 is 2.22 bits per heavy atom. The van der Waals surface area contributed by atoms with E-state index in [0.29, 0.717) is 18.4 Å². The average molecular weight is 516 g/mol. The fourth-order valence-electron chi connectivity index (χ4n) is 5.15. The number of aliphatic carboxylic acids is 2. The van der Waals surface area contributed by atoms with Gasteiger partial charge in [0.2, 0.25) is 5.91 Å². The minimum atomic E-state index is -0.833. The Bertz CT molecular complexity index is 1030. The third-order valence-electron chi connectivity index (χ3n) is 6.59. The van der Waals surface area contributed by atoms with E-state index in [9.17, 15) is 4.79 Å². The number of aromatic nitrogens is 2. The molecule has 1 amide bonds. The topological polar surface area (TPSA) is 119 Å². The molecule has 2 aliphatic rings. The van der Waals surface area contributed by atoms with E-state index in [1.807, 2.05) is 31.4 Å². The molecule has 4 rings (SSSR count). The van der Waals surface area contributed by atoms with Crippen molar-refractivity contribution in [1.29, 1.82) is 0 Å². The molecule has 10 nitrogen and oxygen atoms in total. The van der Waals surface area contributed by atoms with Crippen LogP contribution in [0.25, 0.3) is 0 Å². The quantitative estimate of drug-likeness (QED) is 0.601. The number of carbonyl (C=O) groups is 3. The second-order valence-corrected chi connectivity index (χ2v) is 10.0. The fourth-order valence-corrected chi connectivity index (χ4v) is 5.15. The lowest BCUT2D eigenvalue weighted by atomic mass is 9.87. The molecule has 0 saturated carbocycles. The molecule has 0 aliphatic carbocycles. The van der Waals surface area contributed by atoms with Gasteiger partial charge in [-0.3, -0.25) is 14.4 Å². The first-order valence-corrected chi connectivity index (χ1v) is 12.5. The largest absolute Gasteiger partial charge is 0.481 e. The van der Waals surface area contributed by atoms with E-state index >= 15 is 0 Å². The summed E-state index contributed by atoms with van der Waals surface area (Å²) in [5.41, 5.74) is 2.60. The minimum absolute atomic E-state index is 0.187. The molecule has 2 N–H and O–H groups in total. The average Bonchev–Trinajstić information content (AvgIpc) is 3.45. The van der Waals surface area contributed by atoms with Crippen LogP contribution in [0.1, 0.15) is 36.8 Å². The summed E-state index contributed by atoms with van der Waals surface area (Å²) in [7, 11) is 6.00. The van der Waals surface area contributed by atoms with Crippen molar-refractivity contribution in [2.45, 2.75) is 33.2 Å². The van der Waals surface area contributed by atoms with Crippen LogP contribution in [0.5, 0.6) is 0 Å². The van der Waals surface area contributed by atoms with Gasteiger partial charge in [-0.15, -0.1) is 0 Å². The lowest BCUT2D eigenvalue weighted by Gasteiger charge is -2.31. The Labute approximate surface area is 219 Å². The number of hydrogen-bond donors (Lipinski definition) is 2. The molecule has 2 aliphatic heterocycles. The number of imidazole rings is 1. The van der Waals surface area contributed by atoms with E-state index in [4.69, 9.17) is 19.8 Å². The van der Waals surface area contributed by atoms with Crippen LogP contribution in [-0.4, -0.2) is 99.1 Å². The van der Waals surface area contributed by atoms with Gasteiger partial charge in [0.15, 0.2) is 0 Å². The van der Waals surface area contributed by atoms with Gasteiger partial charge in [-0.25, -0.2) is 4.98 Å². The van der Waals surface area contributed by atoms with Gasteiger partial charge < -0.3 is 29.5 Å². The summed E-state index contributed by atoms with van der Waals surface area (Å²) in [6, 6.07) is 8.77. The van der Waals surface area contributed by atoms with Crippen LogP contribution in [0, 0.1) is 18.8 Å². The number of likely N-dealkylation sites (tertiary alicyclic amines) is 2. The molecule has 3 heterocycles. The molecule has 37 heavy (non-hydrogen) atoms. The van der Waals surface area contributed by atoms with Gasteiger partial charge in [0.25, 0.3) is 11.9 Å². The smallest absolute Gasteiger partial charge is 0.300 e. The van der Waals surface area contributed by atoms with Gasteiger partial charge in [0, 0.05) is 71.8 Å². The summed E-state index contributed by atoms with van der Waals surface area (Å²) >= 11 is 0. The summed E-state index contributed by atoms with van der Waals surface area (Å²) in [6.45, 7) is 8.85. The fraction of sp³-hybridized carbons (Fsp3) is 0.556. The number of hydrogen-bond acceptors (Lipinski definition) is 6. The maximum Gasteiger partial charge on any atom is 0.300 e. The number of nitrogens with zero attached hydrogens (tertiary/aromatic N) is 5. The van der Waals surface area contributed by atoms with E-state index in [2.05, 4.69) is 57.6 Å². The number of carboxylic acid groups (broad SMARTS) is 2. The molecular formula is C27H41N5O5. The molecule has 0 spiro atoms. The third kappa shape index (κ3) is 8.98. The monoisotopic (exact) mass is 515 g/mol. The van der Waals surface area contributed by atoms with Gasteiger partial charge in [-0.05, 0) is 38.1 Å². The molecule has 1 aromatic carbocycles. The zero-order valence-electron chi connectivity index (χ0n) is 22.8. The lowest BCUT2D eigenvalue weighted by molar-refractivity contribution is -0.135. The standard InChI is InChI=1S/C23H33N5O.2C2H4O2/c1-17-7-5-6-8-19(17)23-20-15-27(11-9-21-24-10-12-26(21)4)13-18(20)14-28(23)22(29)16-25(2)3;2*1-2(3)4/h5-8,10,12,18,20,23H,9,11,13-16H2,1-4H3;2*1H3,(H,3,4)/t18-,20-,23+;;/m1../s1. The SMILES string of the molecule is CC(=O)O.CC(=O)O.Cc1ccccc1[C@H]1[C@@H]2CN(CCc3nccn3C)C[C@@H]2CN1C(=O)CN(C)C. The Morgan fingerprint density at radius 2 is 1.68 bits per heavy atom. The number of carbonyl (C=O) groups excluding carboxylic acids is 1. The molecule has 3 atom stereocenters. The normalized spacial score (nSPS) is 20.5. The van der Waals surface area contributed by atoms with Gasteiger partial charge in [-0.2, -0.15) is 0 Å². The molecule has 2 aromatic rings. The number of likely N-dealkylation sites (N-methyl/N-ethyl adjacent to an activating group) is 1. The first kappa shape index (κ1) is 30.0. The number of benzene rings is 1. The Hall–Kier alpha value is -3.24. The third-order valence-corrected chi connectivity index (χ3v) is 6.59. The van der Waals surface area contributed by atoms with Crippen LogP contribution in [0.4, 0.5) is 0 Å². The van der Waals surface area contributed by atoms with Crippen molar-refractivity contribution in [3.05, 3.63) is 53.6 Å². The number of carboxylic acids is 2. The number of aryl methyl sites for hydroxylation is 2. The maximum atomic E-state index is 13.0. The first-order valence-electron chi connectivity index (χ1n) is 12.5. The summed E-state index contributed by atoms with van der Waals surface area (Å²) < 4.78 is 2.11. The molecular weight excluding hydrogens is 474 g/mol. The van der Waals surface area contributed by atoms with Crippen molar-refractivity contribution in [2.75, 3.05) is 46.8 Å². The van der Waals surface area contributed by atoms with E-state index in [0.717, 1.165) is 52.3 Å². The van der Waals surface area contributed by atoms with Gasteiger partial charge in [-0.1, -0.05) is 24.3 Å². The molecule has 1 aromatic heterocycles. The van der Waals surface area contributed by atoms with E-state index < -0.39 is 11.9 Å². The predicted molar refractivity (Wildman–Crippen MR) is 141 cm³/mol. The molecule has 0 unspecified atom stereocenters. The van der Waals surface area contributed by atoms with Crippen LogP contribution in [0.15, 0.2) is 36.7 Å². The second-order valence-electron chi connectivity index (χ2n) is 10.0. The van der Waals surface area contributed by atoms with E-state index in [1.165, 1.54) is 11.1 Å². The van der Waals surface area contributed by atoms with Gasteiger partial charge in [0.05, 0.1) is 12.6 Å². The second kappa shape index (κ2) is 13.9. The zero-order valence-corrected chi connectivity index (χ0v) is 22.8. The van der Waals surface area contributed by atoms with E-state index in [-0.39, 0.29) is 11.9 Å². The van der Waals surface area contributed by atoms with E-state index in [1.54, 1.807) is 0 Å².